The zero-order chi connectivity index (χ0) is 18.2. The van der Waals surface area contributed by atoms with Crippen LogP contribution in [-0.2, 0) is 17.6 Å². The van der Waals surface area contributed by atoms with Crippen LogP contribution in [0.5, 0.6) is 0 Å². The summed E-state index contributed by atoms with van der Waals surface area (Å²) in [5.41, 5.74) is 1.95. The molecule has 0 radical (unpaired) electrons. The zero-order valence-corrected chi connectivity index (χ0v) is 14.3. The van der Waals surface area contributed by atoms with E-state index in [1.54, 1.807) is 30.6 Å². The monoisotopic (exact) mass is 342 g/mol. The molecule has 0 aliphatic carbocycles. The number of urea groups is 1. The van der Waals surface area contributed by atoms with Crippen LogP contribution in [-0.4, -0.2) is 27.1 Å². The van der Waals surface area contributed by atoms with E-state index >= 15 is 0 Å². The van der Waals surface area contributed by atoms with Crippen LogP contribution >= 0.6 is 0 Å². The summed E-state index contributed by atoms with van der Waals surface area (Å²) in [6.45, 7) is 4.18. The number of rotatable bonds is 7. The molecule has 2 amide bonds. The summed E-state index contributed by atoms with van der Waals surface area (Å²) in [4.78, 5) is 31.1. The third-order valence-corrected chi connectivity index (χ3v) is 3.37. The highest BCUT2D eigenvalue weighted by Gasteiger charge is 2.06. The molecule has 0 unspecified atom stereocenters. The van der Waals surface area contributed by atoms with Gasteiger partial charge < -0.3 is 15.7 Å². The number of aryl methyl sites for hydroxylation is 1. The molecule has 2 rings (SSSR count). The number of carbonyl (C=O) groups is 2. The van der Waals surface area contributed by atoms with Crippen LogP contribution in [0.1, 0.15) is 31.7 Å². The predicted octanol–water partition coefficient (Wildman–Crippen LogP) is 3.34. The lowest BCUT2D eigenvalue weighted by molar-refractivity contribution is -0.136. The first-order valence-electron chi connectivity index (χ1n) is 8.12. The summed E-state index contributed by atoms with van der Waals surface area (Å²) >= 11 is 0. The molecule has 0 spiro atoms. The smallest absolute Gasteiger partial charge is 0.323 e. The van der Waals surface area contributed by atoms with Crippen molar-refractivity contribution in [3.63, 3.8) is 0 Å². The molecule has 1 aromatic heterocycles. The molecular formula is C18H22N4O3. The Morgan fingerprint density at radius 1 is 1.12 bits per heavy atom. The second-order valence-corrected chi connectivity index (χ2v) is 6.16. The van der Waals surface area contributed by atoms with Crippen molar-refractivity contribution < 1.29 is 14.7 Å². The Labute approximate surface area is 146 Å². The second-order valence-electron chi connectivity index (χ2n) is 6.16. The number of nitrogens with one attached hydrogen (secondary N) is 2. The van der Waals surface area contributed by atoms with Gasteiger partial charge in [-0.05, 0) is 30.0 Å². The van der Waals surface area contributed by atoms with Crippen LogP contribution in [0.25, 0.3) is 0 Å². The Bertz CT molecular complexity index is 729. The van der Waals surface area contributed by atoms with Gasteiger partial charge in [0.1, 0.15) is 5.82 Å². The van der Waals surface area contributed by atoms with Gasteiger partial charge in [0.2, 0.25) is 0 Å². The van der Waals surface area contributed by atoms with Crippen LogP contribution in [0, 0.1) is 5.92 Å². The van der Waals surface area contributed by atoms with Crippen LogP contribution in [0.15, 0.2) is 36.7 Å². The van der Waals surface area contributed by atoms with Gasteiger partial charge in [0.05, 0.1) is 18.1 Å². The lowest BCUT2D eigenvalue weighted by Crippen LogP contribution is -2.20. The predicted molar refractivity (Wildman–Crippen MR) is 95.6 cm³/mol. The van der Waals surface area contributed by atoms with Gasteiger partial charge in [-0.1, -0.05) is 26.0 Å². The van der Waals surface area contributed by atoms with E-state index in [9.17, 15) is 9.59 Å². The van der Waals surface area contributed by atoms with Gasteiger partial charge in [-0.3, -0.25) is 4.79 Å². The van der Waals surface area contributed by atoms with Crippen molar-refractivity contribution in [3.8, 4) is 0 Å². The summed E-state index contributed by atoms with van der Waals surface area (Å²) in [5, 5.41) is 14.1. The van der Waals surface area contributed by atoms with Crippen molar-refractivity contribution in [3.05, 3.63) is 48.0 Å². The summed E-state index contributed by atoms with van der Waals surface area (Å²) in [6, 6.07) is 6.69. The van der Waals surface area contributed by atoms with Crippen molar-refractivity contribution in [2.24, 2.45) is 5.92 Å². The molecule has 0 aliphatic rings. The Morgan fingerprint density at radius 2 is 1.80 bits per heavy atom. The van der Waals surface area contributed by atoms with E-state index in [4.69, 9.17) is 5.11 Å². The minimum Gasteiger partial charge on any atom is -0.481 e. The third-order valence-electron chi connectivity index (χ3n) is 3.37. The number of carboxylic acids is 1. The average molecular weight is 342 g/mol. The van der Waals surface area contributed by atoms with Crippen molar-refractivity contribution >= 4 is 23.4 Å². The molecule has 132 valence electrons. The topological polar surface area (TPSA) is 104 Å². The fourth-order valence-corrected chi connectivity index (χ4v) is 2.24. The fourth-order valence-electron chi connectivity index (χ4n) is 2.24. The first-order chi connectivity index (χ1) is 11.9. The molecule has 0 bridgehead atoms. The van der Waals surface area contributed by atoms with Gasteiger partial charge in [-0.2, -0.15) is 0 Å². The van der Waals surface area contributed by atoms with Gasteiger partial charge in [0.25, 0.3) is 0 Å². The maximum absolute atomic E-state index is 12.1. The van der Waals surface area contributed by atoms with E-state index in [0.29, 0.717) is 23.7 Å². The van der Waals surface area contributed by atoms with Gasteiger partial charge in [0, 0.05) is 18.5 Å². The fraction of sp³-hybridized carbons (Fsp3) is 0.333. The number of aliphatic carboxylic acids is 1. The molecule has 25 heavy (non-hydrogen) atoms. The minimum absolute atomic E-state index is 0.0513. The summed E-state index contributed by atoms with van der Waals surface area (Å²) in [7, 11) is 0. The largest absolute Gasteiger partial charge is 0.481 e. The molecule has 0 saturated heterocycles. The summed E-state index contributed by atoms with van der Waals surface area (Å²) in [6.07, 6.45) is 4.41. The number of hydrogen-bond acceptors (Lipinski definition) is 4. The number of carboxylic acid groups (broad SMARTS) is 1. The summed E-state index contributed by atoms with van der Waals surface area (Å²) in [5.74, 6) is 0.361. The first kappa shape index (κ1) is 18.4. The van der Waals surface area contributed by atoms with Gasteiger partial charge in [-0.15, -0.1) is 0 Å². The maximum atomic E-state index is 12.1. The molecule has 0 saturated carbocycles. The van der Waals surface area contributed by atoms with Gasteiger partial charge in [0.15, 0.2) is 0 Å². The number of aromatic nitrogens is 2. The van der Waals surface area contributed by atoms with Crippen LogP contribution < -0.4 is 10.6 Å². The van der Waals surface area contributed by atoms with Crippen molar-refractivity contribution in [1.82, 2.24) is 9.97 Å². The molecule has 7 heteroatoms. The molecular weight excluding hydrogens is 320 g/mol. The number of anilines is 2. The molecule has 2 aromatic rings. The lowest BCUT2D eigenvalue weighted by Gasteiger charge is -2.09. The Balaban J connectivity index is 1.91. The van der Waals surface area contributed by atoms with E-state index in [1.165, 1.54) is 0 Å². The highest BCUT2D eigenvalue weighted by molar-refractivity contribution is 5.99. The van der Waals surface area contributed by atoms with Crippen molar-refractivity contribution in [1.29, 1.82) is 0 Å². The molecule has 0 atom stereocenters. The number of carbonyl (C=O) groups excluding carboxylic acids is 1. The van der Waals surface area contributed by atoms with E-state index in [-0.39, 0.29) is 6.42 Å². The van der Waals surface area contributed by atoms with Gasteiger partial charge in [-0.25, -0.2) is 14.8 Å². The minimum atomic E-state index is -0.850. The second kappa shape index (κ2) is 8.77. The first-order valence-corrected chi connectivity index (χ1v) is 8.12. The molecule has 0 aliphatic heterocycles. The normalized spacial score (nSPS) is 10.5. The van der Waals surface area contributed by atoms with Crippen molar-refractivity contribution in [2.75, 3.05) is 10.6 Å². The third kappa shape index (κ3) is 6.58. The number of benzene rings is 1. The molecule has 3 N–H and O–H groups in total. The zero-order valence-electron chi connectivity index (χ0n) is 14.3. The summed E-state index contributed by atoms with van der Waals surface area (Å²) < 4.78 is 0. The number of hydrogen-bond donors (Lipinski definition) is 3. The Hall–Kier alpha value is -2.96. The van der Waals surface area contributed by atoms with Gasteiger partial charge >= 0.3 is 12.0 Å². The van der Waals surface area contributed by atoms with E-state index in [2.05, 4.69) is 34.4 Å². The highest BCUT2D eigenvalue weighted by atomic mass is 16.4. The number of nitrogens with zero attached hydrogens (tertiary/aromatic N) is 2. The lowest BCUT2D eigenvalue weighted by atomic mass is 10.1. The van der Waals surface area contributed by atoms with E-state index < -0.39 is 12.0 Å². The Morgan fingerprint density at radius 3 is 2.44 bits per heavy atom. The molecule has 0 fully saturated rings. The molecule has 1 heterocycles. The van der Waals surface area contributed by atoms with E-state index in [0.717, 1.165) is 17.8 Å². The van der Waals surface area contributed by atoms with Crippen LogP contribution in [0.4, 0.5) is 16.2 Å². The quantitative estimate of drug-likeness (QED) is 0.716. The standard InChI is InChI=1S/C18H22N4O3/c1-12(2)8-16-19-10-15(11-20-16)22-18(25)21-14-5-3-4-13(9-14)6-7-17(23)24/h3-5,9-12H,6-8H2,1-2H3,(H,23,24)(H2,21,22,25). The SMILES string of the molecule is CC(C)Cc1ncc(NC(=O)Nc2cccc(CCC(=O)O)c2)cn1. The number of amides is 2. The van der Waals surface area contributed by atoms with Crippen molar-refractivity contribution in [2.45, 2.75) is 33.1 Å². The highest BCUT2D eigenvalue weighted by Crippen LogP contribution is 2.13. The molecule has 1 aromatic carbocycles. The average Bonchev–Trinajstić information content (AvgIpc) is 2.54. The van der Waals surface area contributed by atoms with E-state index in [1.807, 2.05) is 6.07 Å². The maximum Gasteiger partial charge on any atom is 0.323 e. The van der Waals surface area contributed by atoms with Crippen LogP contribution in [0.3, 0.4) is 0 Å². The Kier molecular flexibility index (Phi) is 6.45. The molecule has 7 nitrogen and oxygen atoms in total. The van der Waals surface area contributed by atoms with Crippen LogP contribution in [0.2, 0.25) is 0 Å².